The fourth-order valence-corrected chi connectivity index (χ4v) is 1.43. The first-order valence-electron chi connectivity index (χ1n) is 5.32. The summed E-state index contributed by atoms with van der Waals surface area (Å²) in [6.45, 7) is -0.0854. The van der Waals surface area contributed by atoms with Gasteiger partial charge in [-0.2, -0.15) is 5.26 Å². The topological polar surface area (TPSA) is 91.3 Å². The lowest BCUT2D eigenvalue weighted by molar-refractivity contribution is -0.234. The number of carbonyl (C=O) groups excluding carboxylic acids is 2. The molecule has 0 aliphatic rings. The third-order valence-corrected chi connectivity index (χ3v) is 2.26. The van der Waals surface area contributed by atoms with E-state index in [-0.39, 0.29) is 6.61 Å². The average molecular weight is 270 g/mol. The van der Waals surface area contributed by atoms with Gasteiger partial charge in [-0.3, -0.25) is 4.79 Å². The Bertz CT molecular complexity index is 455. The quantitative estimate of drug-likeness (QED) is 0.359. The van der Waals surface area contributed by atoms with Gasteiger partial charge in [-0.15, -0.1) is 0 Å². The standard InChI is InChI=1S/C12H14O7/c1-16-9-5-3-4-8(12(9)17-2)7-18-10(13)6-11(14)19-15/h3-5,15H,6-7H2,1-2H3. The number of hydrogen-bond donors (Lipinski definition) is 1. The van der Waals surface area contributed by atoms with E-state index in [1.165, 1.54) is 14.2 Å². The van der Waals surface area contributed by atoms with E-state index in [0.29, 0.717) is 17.1 Å². The summed E-state index contributed by atoms with van der Waals surface area (Å²) in [4.78, 5) is 25.2. The molecule has 0 spiro atoms. The van der Waals surface area contributed by atoms with Crippen LogP contribution < -0.4 is 9.47 Å². The molecule has 0 amide bonds. The van der Waals surface area contributed by atoms with Crippen LogP contribution in [0.3, 0.4) is 0 Å². The van der Waals surface area contributed by atoms with E-state index in [1.807, 2.05) is 0 Å². The van der Waals surface area contributed by atoms with E-state index in [1.54, 1.807) is 18.2 Å². The zero-order valence-corrected chi connectivity index (χ0v) is 10.5. The van der Waals surface area contributed by atoms with E-state index in [4.69, 9.17) is 19.5 Å². The van der Waals surface area contributed by atoms with Gasteiger partial charge in [0.25, 0.3) is 0 Å². The van der Waals surface area contributed by atoms with E-state index >= 15 is 0 Å². The van der Waals surface area contributed by atoms with Crippen LogP contribution in [0.1, 0.15) is 12.0 Å². The van der Waals surface area contributed by atoms with Crippen molar-refractivity contribution in [2.24, 2.45) is 0 Å². The Kier molecular flexibility index (Phi) is 5.62. The number of rotatable bonds is 6. The molecule has 0 heterocycles. The minimum absolute atomic E-state index is 0.0854. The Morgan fingerprint density at radius 2 is 1.89 bits per heavy atom. The van der Waals surface area contributed by atoms with Crippen molar-refractivity contribution in [3.8, 4) is 11.5 Å². The fraction of sp³-hybridized carbons (Fsp3) is 0.333. The number of methoxy groups -OCH3 is 2. The van der Waals surface area contributed by atoms with Crippen molar-refractivity contribution in [2.75, 3.05) is 14.2 Å². The lowest BCUT2D eigenvalue weighted by Gasteiger charge is -2.12. The number of para-hydroxylation sites is 1. The largest absolute Gasteiger partial charge is 0.493 e. The van der Waals surface area contributed by atoms with Crippen LogP contribution in [0.25, 0.3) is 0 Å². The summed E-state index contributed by atoms with van der Waals surface area (Å²) in [6.07, 6.45) is -0.664. The average Bonchev–Trinajstić information content (AvgIpc) is 2.44. The molecule has 1 N–H and O–H groups in total. The number of ether oxygens (including phenoxy) is 3. The first kappa shape index (κ1) is 14.8. The van der Waals surface area contributed by atoms with Crippen LogP contribution in [-0.2, 0) is 25.8 Å². The molecule has 0 aliphatic carbocycles. The summed E-state index contributed by atoms with van der Waals surface area (Å²) in [5, 5.41) is 8.03. The number of carbonyl (C=O) groups is 2. The molecule has 0 unspecified atom stereocenters. The molecule has 0 fully saturated rings. The molecular formula is C12H14O7. The van der Waals surface area contributed by atoms with Gasteiger partial charge in [0, 0.05) is 5.56 Å². The molecule has 1 rings (SSSR count). The summed E-state index contributed by atoms with van der Waals surface area (Å²) >= 11 is 0. The maximum Gasteiger partial charge on any atom is 0.353 e. The Hall–Kier alpha value is -2.28. The summed E-state index contributed by atoms with van der Waals surface area (Å²) in [7, 11) is 2.96. The van der Waals surface area contributed by atoms with Gasteiger partial charge in [0.05, 0.1) is 14.2 Å². The highest BCUT2D eigenvalue weighted by Crippen LogP contribution is 2.31. The predicted octanol–water partition coefficient (Wildman–Crippen LogP) is 1.15. The van der Waals surface area contributed by atoms with E-state index in [9.17, 15) is 9.59 Å². The zero-order valence-electron chi connectivity index (χ0n) is 10.5. The molecule has 1 aromatic rings. The molecule has 0 saturated heterocycles. The SMILES string of the molecule is COc1cccc(COC(=O)CC(=O)OO)c1OC. The minimum atomic E-state index is -1.08. The maximum absolute atomic E-state index is 11.2. The van der Waals surface area contributed by atoms with Crippen molar-refractivity contribution in [1.29, 1.82) is 0 Å². The van der Waals surface area contributed by atoms with Crippen LogP contribution in [-0.4, -0.2) is 31.4 Å². The highest BCUT2D eigenvalue weighted by molar-refractivity contribution is 5.90. The first-order chi connectivity index (χ1) is 9.12. The monoisotopic (exact) mass is 270 g/mol. The molecule has 19 heavy (non-hydrogen) atoms. The molecular weight excluding hydrogens is 256 g/mol. The Balaban J connectivity index is 2.67. The van der Waals surface area contributed by atoms with Gasteiger partial charge in [0.2, 0.25) is 0 Å². The van der Waals surface area contributed by atoms with E-state index in [2.05, 4.69) is 4.89 Å². The molecule has 0 radical (unpaired) electrons. The second-order valence-corrected chi connectivity index (χ2v) is 3.45. The van der Waals surface area contributed by atoms with Gasteiger partial charge >= 0.3 is 11.9 Å². The molecule has 104 valence electrons. The Morgan fingerprint density at radius 1 is 1.16 bits per heavy atom. The van der Waals surface area contributed by atoms with Crippen LogP contribution >= 0.6 is 0 Å². The van der Waals surface area contributed by atoms with Gasteiger partial charge in [0.15, 0.2) is 11.5 Å². The van der Waals surface area contributed by atoms with Crippen molar-refractivity contribution in [3.63, 3.8) is 0 Å². The number of benzene rings is 1. The normalized spacial score (nSPS) is 9.63. The first-order valence-corrected chi connectivity index (χ1v) is 5.32. The molecule has 0 bridgehead atoms. The van der Waals surface area contributed by atoms with E-state index in [0.717, 1.165) is 0 Å². The maximum atomic E-state index is 11.2. The highest BCUT2D eigenvalue weighted by atomic mass is 17.1. The van der Waals surface area contributed by atoms with Gasteiger partial charge in [0.1, 0.15) is 13.0 Å². The number of hydrogen-bond acceptors (Lipinski definition) is 7. The van der Waals surface area contributed by atoms with E-state index < -0.39 is 18.4 Å². The molecule has 7 heteroatoms. The fourth-order valence-electron chi connectivity index (χ4n) is 1.43. The molecule has 0 aromatic heterocycles. The number of esters is 1. The highest BCUT2D eigenvalue weighted by Gasteiger charge is 2.15. The molecule has 1 aromatic carbocycles. The smallest absolute Gasteiger partial charge is 0.353 e. The summed E-state index contributed by atoms with van der Waals surface area (Å²) in [6, 6.07) is 5.11. The van der Waals surface area contributed by atoms with Crippen LogP contribution in [0.2, 0.25) is 0 Å². The Labute approximate surface area is 109 Å². The van der Waals surface area contributed by atoms with Gasteiger partial charge in [-0.05, 0) is 6.07 Å². The van der Waals surface area contributed by atoms with Gasteiger partial charge in [-0.1, -0.05) is 12.1 Å². The Morgan fingerprint density at radius 3 is 2.47 bits per heavy atom. The second kappa shape index (κ2) is 7.22. The predicted molar refractivity (Wildman–Crippen MR) is 62.7 cm³/mol. The van der Waals surface area contributed by atoms with Crippen LogP contribution in [0, 0.1) is 0 Å². The van der Waals surface area contributed by atoms with Gasteiger partial charge in [-0.25, -0.2) is 4.79 Å². The van der Waals surface area contributed by atoms with Crippen molar-refractivity contribution >= 4 is 11.9 Å². The zero-order chi connectivity index (χ0) is 14.3. The summed E-state index contributed by atoms with van der Waals surface area (Å²) < 4.78 is 15.1. The lowest BCUT2D eigenvalue weighted by atomic mass is 10.2. The summed E-state index contributed by atoms with van der Waals surface area (Å²) in [5.41, 5.74) is 0.590. The van der Waals surface area contributed by atoms with Crippen LogP contribution in [0.4, 0.5) is 0 Å². The third-order valence-electron chi connectivity index (χ3n) is 2.26. The van der Waals surface area contributed by atoms with Crippen molar-refractivity contribution in [2.45, 2.75) is 13.0 Å². The molecule has 0 atom stereocenters. The molecule has 0 saturated carbocycles. The third kappa shape index (κ3) is 4.14. The van der Waals surface area contributed by atoms with Gasteiger partial charge < -0.3 is 19.1 Å². The van der Waals surface area contributed by atoms with Crippen LogP contribution in [0.5, 0.6) is 11.5 Å². The van der Waals surface area contributed by atoms with Crippen molar-refractivity contribution < 1.29 is 33.9 Å². The minimum Gasteiger partial charge on any atom is -0.493 e. The van der Waals surface area contributed by atoms with Crippen molar-refractivity contribution in [3.05, 3.63) is 23.8 Å². The van der Waals surface area contributed by atoms with Crippen molar-refractivity contribution in [1.82, 2.24) is 0 Å². The second-order valence-electron chi connectivity index (χ2n) is 3.45. The summed E-state index contributed by atoms with van der Waals surface area (Å²) in [5.74, 6) is -0.945. The lowest BCUT2D eigenvalue weighted by Crippen LogP contribution is -2.12. The van der Waals surface area contributed by atoms with Crippen LogP contribution in [0.15, 0.2) is 18.2 Å². The molecule has 0 aliphatic heterocycles. The molecule has 7 nitrogen and oxygen atoms in total.